The Morgan fingerprint density at radius 2 is 1.22 bits per heavy atom. The van der Waals surface area contributed by atoms with E-state index in [4.69, 9.17) is 0 Å². The van der Waals surface area contributed by atoms with Gasteiger partial charge in [-0.05, 0) is 19.1 Å². The molecule has 0 spiro atoms. The number of rotatable bonds is 4. The van der Waals surface area contributed by atoms with Crippen LogP contribution >= 0.6 is 0 Å². The third-order valence-corrected chi connectivity index (χ3v) is 4.52. The van der Waals surface area contributed by atoms with E-state index in [2.05, 4.69) is 4.40 Å². The Balaban J connectivity index is 2.05. The normalized spacial score (nSPS) is 11.7. The lowest BCUT2D eigenvalue weighted by molar-refractivity contribution is 0.684. The average Bonchev–Trinajstić information content (AvgIpc) is 2.61. The molecule has 23 heavy (non-hydrogen) atoms. The highest BCUT2D eigenvalue weighted by molar-refractivity contribution is 7.84. The minimum absolute atomic E-state index is 0.708. The van der Waals surface area contributed by atoms with E-state index in [-0.39, 0.29) is 0 Å². The Hall–Kier alpha value is -2.52. The molecule has 0 heterocycles. The van der Waals surface area contributed by atoms with E-state index in [9.17, 15) is 4.21 Å². The zero-order chi connectivity index (χ0) is 16.1. The summed E-state index contributed by atoms with van der Waals surface area (Å²) < 4.78 is 17.1. The summed E-state index contributed by atoms with van der Waals surface area (Å²) in [6.07, 6.45) is 0. The zero-order valence-electron chi connectivity index (χ0n) is 12.8. The summed E-state index contributed by atoms with van der Waals surface area (Å²) in [5.74, 6) is 0. The second-order valence-electron chi connectivity index (χ2n) is 5.23. The molecule has 3 heteroatoms. The van der Waals surface area contributed by atoms with Gasteiger partial charge in [-0.15, -0.1) is 0 Å². The number of hydrogen-bond acceptors (Lipinski definition) is 1. The minimum Gasteiger partial charge on any atom is -0.229 e. The summed E-state index contributed by atoms with van der Waals surface area (Å²) in [5.41, 5.74) is 3.80. The number of benzene rings is 3. The van der Waals surface area contributed by atoms with Gasteiger partial charge in [0, 0.05) is 11.1 Å². The zero-order valence-corrected chi connectivity index (χ0v) is 13.7. The molecule has 0 N–H and O–H groups in total. The van der Waals surface area contributed by atoms with Crippen molar-refractivity contribution in [3.63, 3.8) is 0 Å². The van der Waals surface area contributed by atoms with Gasteiger partial charge in [0.05, 0.1) is 10.6 Å². The quantitative estimate of drug-likeness (QED) is 0.648. The van der Waals surface area contributed by atoms with Gasteiger partial charge in [-0.3, -0.25) is 0 Å². The maximum Gasteiger partial charge on any atom is 0.173 e. The molecule has 0 saturated carbocycles. The molecule has 0 saturated heterocycles. The largest absolute Gasteiger partial charge is 0.229 e. The van der Waals surface area contributed by atoms with Crippen LogP contribution in [-0.4, -0.2) is 9.92 Å². The fourth-order valence-electron chi connectivity index (χ4n) is 2.25. The van der Waals surface area contributed by atoms with Gasteiger partial charge in [0.15, 0.2) is 11.0 Å². The molecule has 3 aromatic carbocycles. The standard InChI is InChI=1S/C20H17NOS/c1-16-12-14-19(15-13-16)23(22)21-20(17-8-4-2-5-9-17)18-10-6-3-7-11-18/h2-15H,1H3. The smallest absolute Gasteiger partial charge is 0.173 e. The Morgan fingerprint density at radius 3 is 1.70 bits per heavy atom. The van der Waals surface area contributed by atoms with Crippen LogP contribution in [0.2, 0.25) is 0 Å². The molecule has 1 atom stereocenters. The molecular weight excluding hydrogens is 302 g/mol. The Bertz CT molecular complexity index is 783. The monoisotopic (exact) mass is 319 g/mol. The lowest BCUT2D eigenvalue weighted by Gasteiger charge is -2.07. The van der Waals surface area contributed by atoms with Crippen molar-refractivity contribution in [2.75, 3.05) is 0 Å². The molecule has 114 valence electrons. The molecule has 0 aromatic heterocycles. The highest BCUT2D eigenvalue weighted by Gasteiger charge is 2.10. The van der Waals surface area contributed by atoms with Crippen LogP contribution in [0.15, 0.2) is 94.2 Å². The van der Waals surface area contributed by atoms with Crippen LogP contribution < -0.4 is 0 Å². The second kappa shape index (κ2) is 7.16. The lowest BCUT2D eigenvalue weighted by Crippen LogP contribution is -2.05. The van der Waals surface area contributed by atoms with Crippen molar-refractivity contribution < 1.29 is 4.21 Å². The molecule has 3 rings (SSSR count). The average molecular weight is 319 g/mol. The third-order valence-electron chi connectivity index (χ3n) is 3.49. The molecular formula is C20H17NOS. The van der Waals surface area contributed by atoms with E-state index in [1.165, 1.54) is 0 Å². The fraction of sp³-hybridized carbons (Fsp3) is 0.0500. The first-order valence-electron chi connectivity index (χ1n) is 7.42. The highest BCUT2D eigenvalue weighted by atomic mass is 32.2. The SMILES string of the molecule is Cc1ccc(S(=O)N=C(c2ccccc2)c2ccccc2)cc1. The van der Waals surface area contributed by atoms with Crippen LogP contribution in [0.3, 0.4) is 0 Å². The van der Waals surface area contributed by atoms with Gasteiger partial charge in [0.25, 0.3) is 0 Å². The summed E-state index contributed by atoms with van der Waals surface area (Å²) in [7, 11) is -1.43. The Kier molecular flexibility index (Phi) is 4.79. The first-order valence-corrected chi connectivity index (χ1v) is 8.53. The summed E-state index contributed by atoms with van der Waals surface area (Å²) in [5, 5.41) is 0. The van der Waals surface area contributed by atoms with E-state index in [0.29, 0.717) is 4.90 Å². The molecule has 1 unspecified atom stereocenters. The molecule has 0 aliphatic heterocycles. The first-order chi connectivity index (χ1) is 11.2. The number of nitrogens with zero attached hydrogens (tertiary/aromatic N) is 1. The minimum atomic E-state index is -1.43. The van der Waals surface area contributed by atoms with Gasteiger partial charge in [-0.1, -0.05) is 78.4 Å². The van der Waals surface area contributed by atoms with E-state index in [0.717, 1.165) is 22.4 Å². The van der Waals surface area contributed by atoms with Gasteiger partial charge < -0.3 is 0 Å². The first kappa shape index (κ1) is 15.4. The summed E-state index contributed by atoms with van der Waals surface area (Å²) >= 11 is 0. The van der Waals surface area contributed by atoms with Crippen LogP contribution in [0, 0.1) is 6.92 Å². The molecule has 0 fully saturated rings. The molecule has 3 aromatic rings. The van der Waals surface area contributed by atoms with E-state index >= 15 is 0 Å². The molecule has 0 radical (unpaired) electrons. The third kappa shape index (κ3) is 3.82. The summed E-state index contributed by atoms with van der Waals surface area (Å²) in [4.78, 5) is 0.708. The van der Waals surface area contributed by atoms with Crippen LogP contribution in [0.4, 0.5) is 0 Å². The van der Waals surface area contributed by atoms with Crippen molar-refractivity contribution in [1.29, 1.82) is 0 Å². The van der Waals surface area contributed by atoms with Crippen molar-refractivity contribution in [2.24, 2.45) is 4.40 Å². The Morgan fingerprint density at radius 1 is 0.739 bits per heavy atom. The predicted octanol–water partition coefficient (Wildman–Crippen LogP) is 4.56. The van der Waals surface area contributed by atoms with Crippen molar-refractivity contribution in [3.8, 4) is 0 Å². The lowest BCUT2D eigenvalue weighted by atomic mass is 10.0. The van der Waals surface area contributed by atoms with Gasteiger partial charge in [-0.2, -0.15) is 4.40 Å². The highest BCUT2D eigenvalue weighted by Crippen LogP contribution is 2.15. The molecule has 0 amide bonds. The molecule has 0 bridgehead atoms. The molecule has 0 aliphatic carbocycles. The maximum absolute atomic E-state index is 12.6. The van der Waals surface area contributed by atoms with Crippen LogP contribution in [0.1, 0.15) is 16.7 Å². The van der Waals surface area contributed by atoms with Gasteiger partial charge in [-0.25, -0.2) is 4.21 Å². The molecule has 2 nitrogen and oxygen atoms in total. The van der Waals surface area contributed by atoms with Gasteiger partial charge in [0.2, 0.25) is 0 Å². The van der Waals surface area contributed by atoms with Crippen molar-refractivity contribution in [3.05, 3.63) is 102 Å². The second-order valence-corrected chi connectivity index (χ2v) is 6.39. The topological polar surface area (TPSA) is 29.4 Å². The van der Waals surface area contributed by atoms with Gasteiger partial charge in [0.1, 0.15) is 0 Å². The van der Waals surface area contributed by atoms with Gasteiger partial charge >= 0.3 is 0 Å². The Labute approximate surface area is 139 Å². The number of aryl methyl sites for hydroxylation is 1. The van der Waals surface area contributed by atoms with Crippen LogP contribution in [0.25, 0.3) is 0 Å². The van der Waals surface area contributed by atoms with Crippen molar-refractivity contribution >= 4 is 16.7 Å². The molecule has 0 aliphatic rings. The number of hydrogen-bond donors (Lipinski definition) is 0. The van der Waals surface area contributed by atoms with Crippen LogP contribution in [-0.2, 0) is 11.0 Å². The fourth-order valence-corrected chi connectivity index (χ4v) is 3.11. The van der Waals surface area contributed by atoms with E-state index < -0.39 is 11.0 Å². The summed E-state index contributed by atoms with van der Waals surface area (Å²) in [6, 6.07) is 27.3. The maximum atomic E-state index is 12.6. The van der Waals surface area contributed by atoms with E-state index in [1.807, 2.05) is 91.9 Å². The van der Waals surface area contributed by atoms with Crippen molar-refractivity contribution in [2.45, 2.75) is 11.8 Å². The predicted molar refractivity (Wildman–Crippen MR) is 96.1 cm³/mol. The van der Waals surface area contributed by atoms with E-state index in [1.54, 1.807) is 0 Å². The van der Waals surface area contributed by atoms with Crippen molar-refractivity contribution in [1.82, 2.24) is 0 Å². The summed E-state index contributed by atoms with van der Waals surface area (Å²) in [6.45, 7) is 2.01. The van der Waals surface area contributed by atoms with Crippen LogP contribution in [0.5, 0.6) is 0 Å².